The topological polar surface area (TPSA) is 46.2 Å². The first kappa shape index (κ1) is 13.5. The Morgan fingerprint density at radius 1 is 1.44 bits per heavy atom. The molecular formula is C13H18FNO2S. The van der Waals surface area contributed by atoms with E-state index in [0.717, 1.165) is 5.56 Å². The molecule has 5 heteroatoms. The quantitative estimate of drug-likeness (QED) is 0.912. The van der Waals surface area contributed by atoms with Gasteiger partial charge < -0.3 is 5.32 Å². The fourth-order valence-electron chi connectivity index (χ4n) is 2.21. The Bertz CT molecular complexity index is 556. The van der Waals surface area contributed by atoms with E-state index in [0.29, 0.717) is 18.5 Å². The third-order valence-electron chi connectivity index (χ3n) is 3.46. The highest BCUT2D eigenvalue weighted by Crippen LogP contribution is 2.23. The van der Waals surface area contributed by atoms with Crippen molar-refractivity contribution < 1.29 is 12.8 Å². The van der Waals surface area contributed by atoms with Crippen molar-refractivity contribution >= 4 is 9.84 Å². The fraction of sp³-hybridized carbons (Fsp3) is 0.538. The third kappa shape index (κ3) is 3.09. The van der Waals surface area contributed by atoms with Gasteiger partial charge in [0.15, 0.2) is 9.84 Å². The minimum absolute atomic E-state index is 0.161. The standard InChI is InChI=1S/C13H18FNO2S/c1-10-3-4-11(7-12(10)14)8-15-13(2)5-6-18(16,17)9-13/h3-4,7,15H,5-6,8-9H2,1-2H3. The average Bonchev–Trinajstić information content (AvgIpc) is 2.56. The molecule has 0 saturated carbocycles. The van der Waals surface area contributed by atoms with Crippen molar-refractivity contribution in [2.45, 2.75) is 32.4 Å². The largest absolute Gasteiger partial charge is 0.306 e. The summed E-state index contributed by atoms with van der Waals surface area (Å²) in [6.07, 6.45) is 0.615. The van der Waals surface area contributed by atoms with Crippen LogP contribution in [0.2, 0.25) is 0 Å². The molecule has 0 aliphatic carbocycles. The van der Waals surface area contributed by atoms with Gasteiger partial charge >= 0.3 is 0 Å². The molecule has 1 N–H and O–H groups in total. The summed E-state index contributed by atoms with van der Waals surface area (Å²) in [5, 5.41) is 3.23. The molecule has 1 fully saturated rings. The van der Waals surface area contributed by atoms with Gasteiger partial charge in [0, 0.05) is 12.1 Å². The molecule has 1 aromatic carbocycles. The SMILES string of the molecule is Cc1ccc(CNC2(C)CCS(=O)(=O)C2)cc1F. The van der Waals surface area contributed by atoms with Gasteiger partial charge in [-0.25, -0.2) is 12.8 Å². The molecule has 18 heavy (non-hydrogen) atoms. The Hall–Kier alpha value is -0.940. The van der Waals surface area contributed by atoms with Gasteiger partial charge in [-0.05, 0) is 37.5 Å². The summed E-state index contributed by atoms with van der Waals surface area (Å²) in [4.78, 5) is 0. The van der Waals surface area contributed by atoms with Crippen LogP contribution in [0.25, 0.3) is 0 Å². The highest BCUT2D eigenvalue weighted by molar-refractivity contribution is 7.91. The van der Waals surface area contributed by atoms with E-state index in [4.69, 9.17) is 0 Å². The van der Waals surface area contributed by atoms with Crippen molar-refractivity contribution in [2.75, 3.05) is 11.5 Å². The lowest BCUT2D eigenvalue weighted by Crippen LogP contribution is -2.42. The molecule has 0 radical (unpaired) electrons. The molecule has 3 nitrogen and oxygen atoms in total. The second-order valence-electron chi connectivity index (χ2n) is 5.34. The molecular weight excluding hydrogens is 253 g/mol. The smallest absolute Gasteiger partial charge is 0.152 e. The molecule has 0 aromatic heterocycles. The van der Waals surface area contributed by atoms with E-state index < -0.39 is 9.84 Å². The molecule has 1 unspecified atom stereocenters. The second kappa shape index (κ2) is 4.63. The van der Waals surface area contributed by atoms with E-state index in [1.807, 2.05) is 13.0 Å². The van der Waals surface area contributed by atoms with E-state index in [9.17, 15) is 12.8 Å². The lowest BCUT2D eigenvalue weighted by atomic mass is 10.0. The van der Waals surface area contributed by atoms with Crippen molar-refractivity contribution in [2.24, 2.45) is 0 Å². The van der Waals surface area contributed by atoms with Crippen LogP contribution in [0.4, 0.5) is 4.39 Å². The molecule has 1 aromatic rings. The van der Waals surface area contributed by atoms with Crippen molar-refractivity contribution in [3.05, 3.63) is 35.1 Å². The average molecular weight is 271 g/mol. The van der Waals surface area contributed by atoms with Crippen LogP contribution in [0, 0.1) is 12.7 Å². The number of hydrogen-bond acceptors (Lipinski definition) is 3. The highest BCUT2D eigenvalue weighted by Gasteiger charge is 2.37. The maximum Gasteiger partial charge on any atom is 0.152 e. The van der Waals surface area contributed by atoms with Crippen LogP contribution in [0.3, 0.4) is 0 Å². The summed E-state index contributed by atoms with van der Waals surface area (Å²) in [5.74, 6) is 0.172. The van der Waals surface area contributed by atoms with Crippen molar-refractivity contribution in [1.82, 2.24) is 5.32 Å². The van der Waals surface area contributed by atoms with Crippen LogP contribution >= 0.6 is 0 Å². The van der Waals surface area contributed by atoms with E-state index in [2.05, 4.69) is 5.32 Å². The third-order valence-corrected chi connectivity index (χ3v) is 5.36. The zero-order chi connectivity index (χ0) is 13.4. The van der Waals surface area contributed by atoms with Gasteiger partial charge in [-0.3, -0.25) is 0 Å². The van der Waals surface area contributed by atoms with Crippen LogP contribution in [-0.2, 0) is 16.4 Å². The Labute approximate surface area is 107 Å². The molecule has 0 spiro atoms. The number of halogens is 1. The number of aryl methyl sites for hydroxylation is 1. The fourth-order valence-corrected chi connectivity index (χ4v) is 4.33. The minimum Gasteiger partial charge on any atom is -0.306 e. The zero-order valence-corrected chi connectivity index (χ0v) is 11.5. The molecule has 1 aliphatic heterocycles. The lowest BCUT2D eigenvalue weighted by molar-refractivity contribution is 0.395. The molecule has 1 aliphatic rings. The Balaban J connectivity index is 2.02. The maximum atomic E-state index is 13.4. The summed E-state index contributed by atoms with van der Waals surface area (Å²) in [5.41, 5.74) is 1.07. The van der Waals surface area contributed by atoms with Gasteiger partial charge in [0.25, 0.3) is 0 Å². The number of hydrogen-bond donors (Lipinski definition) is 1. The number of sulfone groups is 1. The first-order valence-corrected chi connectivity index (χ1v) is 7.82. The molecule has 1 heterocycles. The Kier molecular flexibility index (Phi) is 3.47. The van der Waals surface area contributed by atoms with Crippen molar-refractivity contribution in [3.8, 4) is 0 Å². The molecule has 100 valence electrons. The summed E-state index contributed by atoms with van der Waals surface area (Å²) in [6, 6.07) is 5.09. The van der Waals surface area contributed by atoms with Crippen LogP contribution in [-0.4, -0.2) is 25.5 Å². The lowest BCUT2D eigenvalue weighted by Gasteiger charge is -2.24. The monoisotopic (exact) mass is 271 g/mol. The van der Waals surface area contributed by atoms with E-state index >= 15 is 0 Å². The molecule has 1 atom stereocenters. The number of rotatable bonds is 3. The van der Waals surface area contributed by atoms with Gasteiger partial charge in [0.05, 0.1) is 11.5 Å². The highest BCUT2D eigenvalue weighted by atomic mass is 32.2. The number of benzene rings is 1. The van der Waals surface area contributed by atoms with E-state index in [1.54, 1.807) is 13.0 Å². The number of nitrogens with one attached hydrogen (secondary N) is 1. The molecule has 0 amide bonds. The van der Waals surface area contributed by atoms with Gasteiger partial charge in [-0.2, -0.15) is 0 Å². The van der Waals surface area contributed by atoms with Gasteiger partial charge in [0.1, 0.15) is 5.82 Å². The van der Waals surface area contributed by atoms with E-state index in [1.165, 1.54) is 6.07 Å². The second-order valence-corrected chi connectivity index (χ2v) is 7.52. The van der Waals surface area contributed by atoms with E-state index in [-0.39, 0.29) is 22.9 Å². The predicted molar refractivity (Wildman–Crippen MR) is 69.7 cm³/mol. The summed E-state index contributed by atoms with van der Waals surface area (Å²) < 4.78 is 36.3. The summed E-state index contributed by atoms with van der Waals surface area (Å²) in [6.45, 7) is 4.11. The van der Waals surface area contributed by atoms with Crippen molar-refractivity contribution in [1.29, 1.82) is 0 Å². The first-order chi connectivity index (χ1) is 8.30. The zero-order valence-electron chi connectivity index (χ0n) is 10.7. The normalized spacial score (nSPS) is 26.4. The molecule has 2 rings (SSSR count). The van der Waals surface area contributed by atoms with Crippen LogP contribution < -0.4 is 5.32 Å². The summed E-state index contributed by atoms with van der Waals surface area (Å²) >= 11 is 0. The summed E-state index contributed by atoms with van der Waals surface area (Å²) in [7, 11) is -2.91. The van der Waals surface area contributed by atoms with Crippen LogP contribution in [0.5, 0.6) is 0 Å². The Morgan fingerprint density at radius 2 is 2.17 bits per heavy atom. The van der Waals surface area contributed by atoms with Gasteiger partial charge in [-0.15, -0.1) is 0 Å². The molecule has 0 bridgehead atoms. The maximum absolute atomic E-state index is 13.4. The van der Waals surface area contributed by atoms with Crippen LogP contribution in [0.1, 0.15) is 24.5 Å². The predicted octanol–water partition coefficient (Wildman–Crippen LogP) is 1.80. The van der Waals surface area contributed by atoms with Crippen LogP contribution in [0.15, 0.2) is 18.2 Å². The van der Waals surface area contributed by atoms with Crippen molar-refractivity contribution in [3.63, 3.8) is 0 Å². The van der Waals surface area contributed by atoms with Gasteiger partial charge in [-0.1, -0.05) is 12.1 Å². The first-order valence-electron chi connectivity index (χ1n) is 6.00. The van der Waals surface area contributed by atoms with Gasteiger partial charge in [0.2, 0.25) is 0 Å². The minimum atomic E-state index is -2.91. The Morgan fingerprint density at radius 3 is 2.72 bits per heavy atom. The molecule has 1 saturated heterocycles.